The van der Waals surface area contributed by atoms with Crippen molar-refractivity contribution in [2.75, 3.05) is 39.4 Å². The summed E-state index contributed by atoms with van der Waals surface area (Å²) in [6.45, 7) is 11.1. The van der Waals surface area contributed by atoms with Gasteiger partial charge in [-0.3, -0.25) is 4.99 Å². The Labute approximate surface area is 168 Å². The molecule has 2 aliphatic heterocycles. The molecule has 2 aliphatic rings. The fraction of sp³-hybridized carbons (Fsp3) is 0.778. The molecular weight excluding hydrogens is 429 g/mol. The van der Waals surface area contributed by atoms with E-state index in [0.29, 0.717) is 5.41 Å². The van der Waals surface area contributed by atoms with Crippen LogP contribution in [0.3, 0.4) is 0 Å². The Kier molecular flexibility index (Phi) is 7.99. The molecule has 1 N–H and O–H groups in total. The summed E-state index contributed by atoms with van der Waals surface area (Å²) in [5, 5.41) is 3.46. The van der Waals surface area contributed by atoms with Crippen molar-refractivity contribution in [2.24, 2.45) is 10.4 Å². The van der Waals surface area contributed by atoms with E-state index in [1.807, 2.05) is 6.20 Å². The van der Waals surface area contributed by atoms with Gasteiger partial charge in [0.05, 0.1) is 6.61 Å². The third-order valence-corrected chi connectivity index (χ3v) is 5.25. The summed E-state index contributed by atoms with van der Waals surface area (Å²) in [6, 6.07) is 0. The van der Waals surface area contributed by atoms with Gasteiger partial charge in [-0.15, -0.1) is 24.0 Å². The van der Waals surface area contributed by atoms with Crippen LogP contribution in [0.1, 0.15) is 38.4 Å². The first-order valence-electron chi connectivity index (χ1n) is 9.31. The quantitative estimate of drug-likeness (QED) is 0.307. The standard InChI is InChI=1S/C18H31N5O.HI/c1-3-19-17(23-11-6-18(14-23)7-13-24-15-18)21-8-4-5-10-22-12-9-20-16(22)2;/h9,12H,3-8,10-11,13-15H2,1-2H3,(H,19,21);1H. The number of unbranched alkanes of at least 4 members (excludes halogenated alkanes) is 1. The summed E-state index contributed by atoms with van der Waals surface area (Å²) in [5.41, 5.74) is 0.384. The minimum absolute atomic E-state index is 0. The van der Waals surface area contributed by atoms with Gasteiger partial charge in [0.1, 0.15) is 5.82 Å². The predicted octanol–water partition coefficient (Wildman–Crippen LogP) is 2.67. The van der Waals surface area contributed by atoms with Crippen molar-refractivity contribution in [1.82, 2.24) is 19.8 Å². The van der Waals surface area contributed by atoms with Crippen LogP contribution in [-0.2, 0) is 11.3 Å². The van der Waals surface area contributed by atoms with E-state index in [1.54, 1.807) is 0 Å². The molecule has 1 spiro atoms. The molecule has 0 amide bonds. The highest BCUT2D eigenvalue weighted by Gasteiger charge is 2.42. The molecule has 7 heteroatoms. The van der Waals surface area contributed by atoms with E-state index in [2.05, 4.69) is 39.8 Å². The number of halogens is 1. The lowest BCUT2D eigenvalue weighted by Gasteiger charge is -2.25. The highest BCUT2D eigenvalue weighted by molar-refractivity contribution is 14.0. The van der Waals surface area contributed by atoms with Crippen LogP contribution < -0.4 is 5.32 Å². The first kappa shape index (κ1) is 20.5. The van der Waals surface area contributed by atoms with Crippen LogP contribution in [0.15, 0.2) is 17.4 Å². The average molecular weight is 461 g/mol. The number of aryl methyl sites for hydroxylation is 2. The maximum absolute atomic E-state index is 5.63. The molecular formula is C18H32IN5O. The molecule has 0 radical (unpaired) electrons. The van der Waals surface area contributed by atoms with Crippen molar-refractivity contribution in [3.8, 4) is 0 Å². The normalized spacial score (nSPS) is 23.3. The number of hydrogen-bond donors (Lipinski definition) is 1. The molecule has 1 unspecified atom stereocenters. The van der Waals surface area contributed by atoms with Crippen molar-refractivity contribution >= 4 is 29.9 Å². The van der Waals surface area contributed by atoms with Crippen molar-refractivity contribution in [1.29, 1.82) is 0 Å². The lowest BCUT2D eigenvalue weighted by Crippen LogP contribution is -2.41. The molecule has 0 bridgehead atoms. The van der Waals surface area contributed by atoms with Crippen molar-refractivity contribution < 1.29 is 4.74 Å². The Hall–Kier alpha value is -0.830. The summed E-state index contributed by atoms with van der Waals surface area (Å²) in [7, 11) is 0. The molecule has 0 saturated carbocycles. The minimum atomic E-state index is 0. The Morgan fingerprint density at radius 3 is 2.96 bits per heavy atom. The zero-order valence-electron chi connectivity index (χ0n) is 15.5. The summed E-state index contributed by atoms with van der Waals surface area (Å²) in [6.07, 6.45) is 8.60. The highest BCUT2D eigenvalue weighted by atomic mass is 127. The second-order valence-electron chi connectivity index (χ2n) is 7.08. The zero-order chi connectivity index (χ0) is 16.8. The number of likely N-dealkylation sites (tertiary alicyclic amines) is 1. The van der Waals surface area contributed by atoms with Gasteiger partial charge in [-0.25, -0.2) is 4.98 Å². The molecule has 25 heavy (non-hydrogen) atoms. The van der Waals surface area contributed by atoms with Crippen LogP contribution in [0, 0.1) is 12.3 Å². The second-order valence-corrected chi connectivity index (χ2v) is 7.08. The molecule has 1 atom stereocenters. The summed E-state index contributed by atoms with van der Waals surface area (Å²) < 4.78 is 7.84. The number of nitrogens with zero attached hydrogens (tertiary/aromatic N) is 4. The monoisotopic (exact) mass is 461 g/mol. The number of aliphatic imine (C=N–C) groups is 1. The molecule has 1 aromatic rings. The van der Waals surface area contributed by atoms with Gasteiger partial charge in [-0.2, -0.15) is 0 Å². The van der Waals surface area contributed by atoms with E-state index in [-0.39, 0.29) is 24.0 Å². The van der Waals surface area contributed by atoms with Gasteiger partial charge < -0.3 is 19.5 Å². The van der Waals surface area contributed by atoms with Gasteiger partial charge in [-0.1, -0.05) is 0 Å². The van der Waals surface area contributed by atoms with E-state index < -0.39 is 0 Å². The molecule has 3 heterocycles. The summed E-state index contributed by atoms with van der Waals surface area (Å²) >= 11 is 0. The lowest BCUT2D eigenvalue weighted by atomic mass is 9.87. The molecule has 2 fully saturated rings. The van der Waals surface area contributed by atoms with Gasteiger partial charge in [0, 0.05) is 57.1 Å². The van der Waals surface area contributed by atoms with Crippen LogP contribution >= 0.6 is 24.0 Å². The third-order valence-electron chi connectivity index (χ3n) is 5.25. The van der Waals surface area contributed by atoms with E-state index in [9.17, 15) is 0 Å². The Morgan fingerprint density at radius 1 is 1.40 bits per heavy atom. The first-order chi connectivity index (χ1) is 11.7. The molecule has 6 nitrogen and oxygen atoms in total. The van der Waals surface area contributed by atoms with Crippen LogP contribution in [-0.4, -0.2) is 59.8 Å². The third kappa shape index (κ3) is 5.32. The largest absolute Gasteiger partial charge is 0.381 e. The SMILES string of the molecule is CCNC(=NCCCCn1ccnc1C)N1CCC2(CCOC2)C1.I. The van der Waals surface area contributed by atoms with Crippen molar-refractivity contribution in [3.05, 3.63) is 18.2 Å². The van der Waals surface area contributed by atoms with Crippen molar-refractivity contribution in [2.45, 2.75) is 46.1 Å². The number of hydrogen-bond acceptors (Lipinski definition) is 3. The Bertz CT molecular complexity index is 553. The predicted molar refractivity (Wildman–Crippen MR) is 112 cm³/mol. The maximum Gasteiger partial charge on any atom is 0.193 e. The second kappa shape index (κ2) is 9.75. The Balaban J connectivity index is 0.00000225. The molecule has 1 aromatic heterocycles. The number of ether oxygens (including phenoxy) is 1. The molecule has 2 saturated heterocycles. The summed E-state index contributed by atoms with van der Waals surface area (Å²) in [5.74, 6) is 2.17. The molecule has 0 aromatic carbocycles. The van der Waals surface area contributed by atoms with E-state index in [0.717, 1.165) is 70.6 Å². The average Bonchev–Trinajstić information content (AvgIpc) is 3.30. The maximum atomic E-state index is 5.63. The van der Waals surface area contributed by atoms with Gasteiger partial charge in [0.15, 0.2) is 5.96 Å². The number of nitrogens with one attached hydrogen (secondary N) is 1. The number of rotatable bonds is 6. The summed E-state index contributed by atoms with van der Waals surface area (Å²) in [4.78, 5) is 11.5. The molecule has 3 rings (SSSR count). The van der Waals surface area contributed by atoms with E-state index >= 15 is 0 Å². The fourth-order valence-corrected chi connectivity index (χ4v) is 3.73. The van der Waals surface area contributed by atoms with E-state index in [4.69, 9.17) is 9.73 Å². The van der Waals surface area contributed by atoms with Gasteiger partial charge >= 0.3 is 0 Å². The van der Waals surface area contributed by atoms with Gasteiger partial charge in [0.2, 0.25) is 0 Å². The van der Waals surface area contributed by atoms with Gasteiger partial charge in [-0.05, 0) is 39.5 Å². The first-order valence-corrected chi connectivity index (χ1v) is 9.31. The number of aromatic nitrogens is 2. The zero-order valence-corrected chi connectivity index (χ0v) is 17.9. The van der Waals surface area contributed by atoms with Crippen LogP contribution in [0.4, 0.5) is 0 Å². The van der Waals surface area contributed by atoms with Crippen LogP contribution in [0.5, 0.6) is 0 Å². The fourth-order valence-electron chi connectivity index (χ4n) is 3.73. The topological polar surface area (TPSA) is 54.7 Å². The molecule has 0 aliphatic carbocycles. The van der Waals surface area contributed by atoms with E-state index in [1.165, 1.54) is 12.8 Å². The number of guanidine groups is 1. The van der Waals surface area contributed by atoms with Gasteiger partial charge in [0.25, 0.3) is 0 Å². The Morgan fingerprint density at radius 2 is 2.28 bits per heavy atom. The van der Waals surface area contributed by atoms with Crippen LogP contribution in [0.2, 0.25) is 0 Å². The van der Waals surface area contributed by atoms with Crippen molar-refractivity contribution in [3.63, 3.8) is 0 Å². The molecule has 142 valence electrons. The number of imidazole rings is 1. The lowest BCUT2D eigenvalue weighted by molar-refractivity contribution is 0.156. The highest BCUT2D eigenvalue weighted by Crippen LogP contribution is 2.38. The minimum Gasteiger partial charge on any atom is -0.381 e. The smallest absolute Gasteiger partial charge is 0.193 e. The van der Waals surface area contributed by atoms with Crippen LogP contribution in [0.25, 0.3) is 0 Å².